The highest BCUT2D eigenvalue weighted by molar-refractivity contribution is 7.98. The van der Waals surface area contributed by atoms with E-state index in [-0.39, 0.29) is 24.3 Å². The zero-order chi connectivity index (χ0) is 36.4. The van der Waals surface area contributed by atoms with E-state index in [4.69, 9.17) is 9.47 Å². The van der Waals surface area contributed by atoms with Gasteiger partial charge in [-0.05, 0) is 84.9 Å². The van der Waals surface area contributed by atoms with Gasteiger partial charge in [-0.1, -0.05) is 70.4 Å². The summed E-state index contributed by atoms with van der Waals surface area (Å²) >= 11 is 1.86. The first-order chi connectivity index (χ1) is 23.4. The number of methoxy groups -OCH3 is 1. The van der Waals surface area contributed by atoms with Gasteiger partial charge < -0.3 is 19.9 Å². The average molecular weight is 721 g/mol. The molecular weight excluding hydrogens is 661 g/mol. The summed E-state index contributed by atoms with van der Waals surface area (Å²) in [5, 5.41) is 12.2. The summed E-state index contributed by atoms with van der Waals surface area (Å²) < 4.78 is 35.2. The van der Waals surface area contributed by atoms with Gasteiger partial charge in [-0.25, -0.2) is 13.2 Å². The molecule has 2 aromatic carbocycles. The van der Waals surface area contributed by atoms with E-state index in [1.165, 1.54) is 37.9 Å². The number of amides is 1. The lowest BCUT2D eigenvalue weighted by Gasteiger charge is -2.26. The monoisotopic (exact) mass is 720 g/mol. The molecule has 1 aliphatic heterocycles. The molecule has 0 bridgehead atoms. The van der Waals surface area contributed by atoms with Crippen molar-refractivity contribution in [2.45, 2.75) is 97.4 Å². The van der Waals surface area contributed by atoms with Crippen LogP contribution in [0.5, 0.6) is 0 Å². The maximum atomic E-state index is 13.5. The normalized spacial score (nSPS) is 18.8. The van der Waals surface area contributed by atoms with E-state index in [0.29, 0.717) is 30.2 Å². The van der Waals surface area contributed by atoms with Crippen molar-refractivity contribution in [1.29, 1.82) is 0 Å². The molecule has 3 atom stereocenters. The molecular formula is C38H60N2O7S2. The first-order valence-corrected chi connectivity index (χ1v) is 21.1. The number of rotatable bonds is 15. The standard InChI is InChI=1S/C33H46N2O7S.C3H8S.C2H6/c1-23-9-7-8-12-28(23)30-17-25(13-14-29(30)32(36)34-31(33(37)38)15-16-43(3,39)40)19-35-20-27(41-2)18-26(35)22-42-21-24-10-5-4-6-11-24;1-3-4-2;1-2/h7-9,12-14,17,24,26-27,31H,4-6,10-11,15-16,18-22H2,1-3H3,(H,34,36)(H,37,38);3H2,1-2H3;1-2H3/t26-,27?,31?;;/m0../s1. The molecule has 49 heavy (non-hydrogen) atoms. The lowest BCUT2D eigenvalue weighted by Crippen LogP contribution is -2.42. The van der Waals surface area contributed by atoms with Gasteiger partial charge in [0.05, 0.1) is 18.5 Å². The van der Waals surface area contributed by atoms with Crippen molar-refractivity contribution in [2.24, 2.45) is 5.92 Å². The number of carbonyl (C=O) groups is 2. The molecule has 11 heteroatoms. The topological polar surface area (TPSA) is 122 Å². The Kier molecular flexibility index (Phi) is 19.5. The summed E-state index contributed by atoms with van der Waals surface area (Å²) in [4.78, 5) is 27.7. The molecule has 2 aliphatic rings. The number of nitrogens with zero attached hydrogens (tertiary/aromatic N) is 1. The molecule has 2 unspecified atom stereocenters. The van der Waals surface area contributed by atoms with Crippen LogP contribution in [0.4, 0.5) is 0 Å². The van der Waals surface area contributed by atoms with Crippen LogP contribution in [0.2, 0.25) is 0 Å². The predicted octanol–water partition coefficient (Wildman–Crippen LogP) is 6.86. The minimum atomic E-state index is -3.39. The summed E-state index contributed by atoms with van der Waals surface area (Å²) in [6, 6.07) is 12.3. The Bertz CT molecular complexity index is 1390. The van der Waals surface area contributed by atoms with E-state index in [9.17, 15) is 23.1 Å². The van der Waals surface area contributed by atoms with Crippen LogP contribution in [-0.2, 0) is 30.7 Å². The second-order valence-electron chi connectivity index (χ2n) is 12.8. The molecule has 0 spiro atoms. The van der Waals surface area contributed by atoms with E-state index in [1.807, 2.05) is 68.9 Å². The van der Waals surface area contributed by atoms with Crippen molar-refractivity contribution in [3.63, 3.8) is 0 Å². The second kappa shape index (κ2) is 22.4. The Morgan fingerprint density at radius 3 is 2.33 bits per heavy atom. The molecule has 0 radical (unpaired) electrons. The second-order valence-corrected chi connectivity index (χ2v) is 16.2. The lowest BCUT2D eigenvalue weighted by molar-refractivity contribution is -0.139. The molecule has 2 N–H and O–H groups in total. The molecule has 1 saturated heterocycles. The Morgan fingerprint density at radius 1 is 1.06 bits per heavy atom. The van der Waals surface area contributed by atoms with Crippen LogP contribution in [0, 0.1) is 12.8 Å². The third-order valence-corrected chi connectivity index (χ3v) is 10.6. The molecule has 1 heterocycles. The van der Waals surface area contributed by atoms with Gasteiger partial charge in [-0.15, -0.1) is 0 Å². The maximum Gasteiger partial charge on any atom is 0.326 e. The van der Waals surface area contributed by atoms with Crippen molar-refractivity contribution in [3.05, 3.63) is 59.2 Å². The van der Waals surface area contributed by atoms with Crippen molar-refractivity contribution >= 4 is 33.5 Å². The Labute approximate surface area is 299 Å². The van der Waals surface area contributed by atoms with Crippen LogP contribution in [0.1, 0.15) is 87.2 Å². The molecule has 1 amide bonds. The highest BCUT2D eigenvalue weighted by Crippen LogP contribution is 2.31. The van der Waals surface area contributed by atoms with Crippen LogP contribution < -0.4 is 5.32 Å². The van der Waals surface area contributed by atoms with E-state index in [2.05, 4.69) is 23.4 Å². The average Bonchev–Trinajstić information content (AvgIpc) is 3.48. The predicted molar refractivity (Wildman–Crippen MR) is 202 cm³/mol. The molecule has 1 saturated carbocycles. The minimum absolute atomic E-state index is 0.129. The molecule has 2 fully saturated rings. The van der Waals surface area contributed by atoms with Crippen LogP contribution in [0.15, 0.2) is 42.5 Å². The highest BCUT2D eigenvalue weighted by Gasteiger charge is 2.33. The third kappa shape index (κ3) is 14.7. The number of carbonyl (C=O) groups excluding carboxylic acids is 1. The number of sulfone groups is 1. The van der Waals surface area contributed by atoms with Crippen molar-refractivity contribution < 1.29 is 32.6 Å². The van der Waals surface area contributed by atoms with Crippen LogP contribution in [0.25, 0.3) is 11.1 Å². The smallest absolute Gasteiger partial charge is 0.326 e. The van der Waals surface area contributed by atoms with E-state index in [1.54, 1.807) is 13.2 Å². The quantitative estimate of drug-likeness (QED) is 0.203. The number of aryl methyl sites for hydroxylation is 1. The van der Waals surface area contributed by atoms with Gasteiger partial charge in [-0.3, -0.25) is 9.69 Å². The summed E-state index contributed by atoms with van der Waals surface area (Å²) in [5.74, 6) is -0.272. The van der Waals surface area contributed by atoms with Gasteiger partial charge >= 0.3 is 5.97 Å². The molecule has 2 aromatic rings. The number of carboxylic acids is 1. The SMILES string of the molecule is CC.CCSC.COC1C[C@@H](COCC2CCCCC2)N(Cc2ccc(C(=O)NC(CCS(C)(=O)=O)C(=O)O)c(-c3ccccc3C)c2)C1. The minimum Gasteiger partial charge on any atom is -0.480 e. The van der Waals surface area contributed by atoms with Gasteiger partial charge in [0.15, 0.2) is 0 Å². The largest absolute Gasteiger partial charge is 0.480 e. The zero-order valence-electron chi connectivity index (χ0n) is 30.7. The fourth-order valence-electron chi connectivity index (χ4n) is 6.25. The van der Waals surface area contributed by atoms with E-state index < -0.39 is 27.8 Å². The number of ether oxygens (including phenoxy) is 2. The Morgan fingerprint density at radius 2 is 1.73 bits per heavy atom. The first-order valence-electron chi connectivity index (χ1n) is 17.7. The number of nitrogens with one attached hydrogen (secondary N) is 1. The summed E-state index contributed by atoms with van der Waals surface area (Å²) in [5.41, 5.74) is 3.92. The van der Waals surface area contributed by atoms with Crippen LogP contribution in [-0.4, -0.2) is 99.4 Å². The number of carboxylic acid groups (broad SMARTS) is 1. The van der Waals surface area contributed by atoms with E-state index in [0.717, 1.165) is 42.5 Å². The molecule has 0 aromatic heterocycles. The number of hydrogen-bond acceptors (Lipinski definition) is 8. The highest BCUT2D eigenvalue weighted by atomic mass is 32.2. The number of thioether (sulfide) groups is 1. The lowest BCUT2D eigenvalue weighted by atomic mass is 9.90. The Hall–Kier alpha value is -2.44. The molecule has 276 valence electrons. The van der Waals surface area contributed by atoms with Gasteiger partial charge in [0.1, 0.15) is 15.9 Å². The zero-order valence-corrected chi connectivity index (χ0v) is 32.3. The van der Waals surface area contributed by atoms with Crippen LogP contribution in [0.3, 0.4) is 0 Å². The summed E-state index contributed by atoms with van der Waals surface area (Å²) in [6.07, 6.45) is 10.4. The summed E-state index contributed by atoms with van der Waals surface area (Å²) in [6.45, 7) is 11.0. The summed E-state index contributed by atoms with van der Waals surface area (Å²) in [7, 11) is -1.64. The van der Waals surface area contributed by atoms with Gasteiger partial charge in [0.2, 0.25) is 0 Å². The molecule has 4 rings (SSSR count). The van der Waals surface area contributed by atoms with Crippen LogP contribution >= 0.6 is 11.8 Å². The maximum absolute atomic E-state index is 13.5. The molecule has 9 nitrogen and oxygen atoms in total. The van der Waals surface area contributed by atoms with Crippen molar-refractivity contribution in [3.8, 4) is 11.1 Å². The fraction of sp³-hybridized carbons (Fsp3) is 0.632. The number of aliphatic carboxylic acids is 1. The van der Waals surface area contributed by atoms with Gasteiger partial charge in [-0.2, -0.15) is 11.8 Å². The van der Waals surface area contributed by atoms with Crippen molar-refractivity contribution in [2.75, 3.05) is 50.9 Å². The number of benzene rings is 2. The first kappa shape index (κ1) is 42.7. The van der Waals surface area contributed by atoms with Gasteiger partial charge in [0, 0.05) is 44.7 Å². The fourth-order valence-corrected chi connectivity index (χ4v) is 6.91. The Balaban J connectivity index is 0.00000129. The number of hydrogen-bond donors (Lipinski definition) is 2. The van der Waals surface area contributed by atoms with Gasteiger partial charge in [0.25, 0.3) is 5.91 Å². The number of likely N-dealkylation sites (tertiary alicyclic amines) is 1. The van der Waals surface area contributed by atoms with E-state index >= 15 is 0 Å². The third-order valence-electron chi connectivity index (χ3n) is 9.03. The molecule has 1 aliphatic carbocycles. The van der Waals surface area contributed by atoms with Crippen molar-refractivity contribution in [1.82, 2.24) is 10.2 Å².